The SMILES string of the molecule is O=C(Cc1ccccc1)NC1Cc2ccccc2C1. The molecule has 0 atom stereocenters. The topological polar surface area (TPSA) is 29.1 Å². The highest BCUT2D eigenvalue weighted by Crippen LogP contribution is 2.21. The Hall–Kier alpha value is -2.09. The first kappa shape index (κ1) is 12.0. The van der Waals surface area contributed by atoms with Crippen LogP contribution in [0.4, 0.5) is 0 Å². The number of carbonyl (C=O) groups is 1. The van der Waals surface area contributed by atoms with Gasteiger partial charge >= 0.3 is 0 Å². The Morgan fingerprint density at radius 3 is 2.16 bits per heavy atom. The molecule has 2 nitrogen and oxygen atoms in total. The second-order valence-corrected chi connectivity index (χ2v) is 5.10. The van der Waals surface area contributed by atoms with Crippen LogP contribution in [-0.4, -0.2) is 11.9 Å². The van der Waals surface area contributed by atoms with E-state index in [1.165, 1.54) is 11.1 Å². The Balaban J connectivity index is 1.58. The van der Waals surface area contributed by atoms with Crippen LogP contribution in [0.15, 0.2) is 54.6 Å². The van der Waals surface area contributed by atoms with E-state index in [4.69, 9.17) is 0 Å². The highest BCUT2D eigenvalue weighted by Gasteiger charge is 2.22. The van der Waals surface area contributed by atoms with Crippen LogP contribution in [-0.2, 0) is 24.1 Å². The van der Waals surface area contributed by atoms with Gasteiger partial charge in [0.1, 0.15) is 0 Å². The molecule has 0 bridgehead atoms. The van der Waals surface area contributed by atoms with Gasteiger partial charge in [0.05, 0.1) is 6.42 Å². The predicted octanol–water partition coefficient (Wildman–Crippen LogP) is 2.51. The van der Waals surface area contributed by atoms with Crippen molar-refractivity contribution in [3.05, 3.63) is 71.3 Å². The second kappa shape index (κ2) is 5.27. The van der Waals surface area contributed by atoms with Crippen molar-refractivity contribution >= 4 is 5.91 Å². The van der Waals surface area contributed by atoms with Gasteiger partial charge < -0.3 is 5.32 Å². The molecule has 0 saturated carbocycles. The van der Waals surface area contributed by atoms with E-state index < -0.39 is 0 Å². The van der Waals surface area contributed by atoms with Gasteiger partial charge in [-0.15, -0.1) is 0 Å². The molecule has 2 heteroatoms. The van der Waals surface area contributed by atoms with E-state index in [2.05, 4.69) is 29.6 Å². The van der Waals surface area contributed by atoms with Crippen molar-refractivity contribution in [1.29, 1.82) is 0 Å². The molecular formula is C17H17NO. The lowest BCUT2D eigenvalue weighted by atomic mass is 10.1. The molecule has 96 valence electrons. The van der Waals surface area contributed by atoms with Gasteiger partial charge in [0.15, 0.2) is 0 Å². The molecule has 3 rings (SSSR count). The number of fused-ring (bicyclic) bond motifs is 1. The summed E-state index contributed by atoms with van der Waals surface area (Å²) in [5.74, 6) is 0.115. The predicted molar refractivity (Wildman–Crippen MR) is 75.9 cm³/mol. The van der Waals surface area contributed by atoms with Crippen LogP contribution in [0, 0.1) is 0 Å². The lowest BCUT2D eigenvalue weighted by Crippen LogP contribution is -2.36. The van der Waals surface area contributed by atoms with Crippen molar-refractivity contribution in [2.75, 3.05) is 0 Å². The fourth-order valence-electron chi connectivity index (χ4n) is 2.72. The van der Waals surface area contributed by atoms with Crippen molar-refractivity contribution < 1.29 is 4.79 Å². The van der Waals surface area contributed by atoms with Crippen molar-refractivity contribution in [2.24, 2.45) is 0 Å². The van der Waals surface area contributed by atoms with E-state index in [1.54, 1.807) is 0 Å². The molecule has 0 spiro atoms. The van der Waals surface area contributed by atoms with Crippen LogP contribution in [0.1, 0.15) is 16.7 Å². The first-order chi connectivity index (χ1) is 9.31. The standard InChI is InChI=1S/C17H17NO/c19-17(10-13-6-2-1-3-7-13)18-16-11-14-8-4-5-9-15(14)12-16/h1-9,16H,10-12H2,(H,18,19). The van der Waals surface area contributed by atoms with Crippen molar-refractivity contribution in [1.82, 2.24) is 5.32 Å². The van der Waals surface area contributed by atoms with Crippen LogP contribution in [0.25, 0.3) is 0 Å². The van der Waals surface area contributed by atoms with Crippen molar-refractivity contribution in [3.8, 4) is 0 Å². The summed E-state index contributed by atoms with van der Waals surface area (Å²) >= 11 is 0. The molecular weight excluding hydrogens is 234 g/mol. The van der Waals surface area contributed by atoms with Crippen LogP contribution in [0.5, 0.6) is 0 Å². The Morgan fingerprint density at radius 1 is 0.947 bits per heavy atom. The van der Waals surface area contributed by atoms with Crippen LogP contribution < -0.4 is 5.32 Å². The summed E-state index contributed by atoms with van der Waals surface area (Å²) in [6, 6.07) is 18.6. The molecule has 0 unspecified atom stereocenters. The number of carbonyl (C=O) groups excluding carboxylic acids is 1. The molecule has 0 radical (unpaired) electrons. The largest absolute Gasteiger partial charge is 0.352 e. The fourth-order valence-corrected chi connectivity index (χ4v) is 2.72. The van der Waals surface area contributed by atoms with Crippen LogP contribution >= 0.6 is 0 Å². The van der Waals surface area contributed by atoms with E-state index >= 15 is 0 Å². The van der Waals surface area contributed by atoms with E-state index in [-0.39, 0.29) is 11.9 Å². The fraction of sp³-hybridized carbons (Fsp3) is 0.235. The summed E-state index contributed by atoms with van der Waals surface area (Å²) in [5, 5.41) is 3.14. The minimum Gasteiger partial charge on any atom is -0.352 e. The maximum Gasteiger partial charge on any atom is 0.224 e. The quantitative estimate of drug-likeness (QED) is 0.892. The minimum atomic E-state index is 0.115. The third kappa shape index (κ3) is 2.84. The summed E-state index contributed by atoms with van der Waals surface area (Å²) in [4.78, 5) is 12.0. The number of hydrogen-bond donors (Lipinski definition) is 1. The van der Waals surface area contributed by atoms with Gasteiger partial charge in [-0.25, -0.2) is 0 Å². The zero-order chi connectivity index (χ0) is 13.1. The van der Waals surface area contributed by atoms with E-state index in [0.717, 1.165) is 18.4 Å². The highest BCUT2D eigenvalue weighted by atomic mass is 16.1. The van der Waals surface area contributed by atoms with Crippen LogP contribution in [0.3, 0.4) is 0 Å². The monoisotopic (exact) mass is 251 g/mol. The summed E-state index contributed by atoms with van der Waals surface area (Å²) in [6.07, 6.45) is 2.38. The Bertz CT molecular complexity index is 552. The Morgan fingerprint density at radius 2 is 1.53 bits per heavy atom. The van der Waals surface area contributed by atoms with Gasteiger partial charge in [0.2, 0.25) is 5.91 Å². The lowest BCUT2D eigenvalue weighted by Gasteiger charge is -2.12. The van der Waals surface area contributed by atoms with E-state index in [0.29, 0.717) is 6.42 Å². The maximum atomic E-state index is 12.0. The van der Waals surface area contributed by atoms with Crippen LogP contribution in [0.2, 0.25) is 0 Å². The zero-order valence-electron chi connectivity index (χ0n) is 10.8. The smallest absolute Gasteiger partial charge is 0.224 e. The van der Waals surface area contributed by atoms with Gasteiger partial charge in [0, 0.05) is 6.04 Å². The van der Waals surface area contributed by atoms with Gasteiger partial charge in [-0.2, -0.15) is 0 Å². The van der Waals surface area contributed by atoms with Gasteiger partial charge in [-0.1, -0.05) is 54.6 Å². The van der Waals surface area contributed by atoms with Gasteiger partial charge in [-0.3, -0.25) is 4.79 Å². The number of amides is 1. The maximum absolute atomic E-state index is 12.0. The molecule has 19 heavy (non-hydrogen) atoms. The molecule has 2 aromatic rings. The average molecular weight is 251 g/mol. The molecule has 0 fully saturated rings. The molecule has 1 N–H and O–H groups in total. The molecule has 0 aliphatic heterocycles. The Labute approximate surface area is 113 Å². The average Bonchev–Trinajstić information content (AvgIpc) is 2.81. The second-order valence-electron chi connectivity index (χ2n) is 5.10. The third-order valence-electron chi connectivity index (χ3n) is 3.62. The molecule has 0 heterocycles. The Kier molecular flexibility index (Phi) is 3.32. The van der Waals surface area contributed by atoms with Gasteiger partial charge in [-0.05, 0) is 29.5 Å². The summed E-state index contributed by atoms with van der Waals surface area (Å²) in [6.45, 7) is 0. The first-order valence-corrected chi connectivity index (χ1v) is 6.71. The zero-order valence-corrected chi connectivity index (χ0v) is 10.8. The van der Waals surface area contributed by atoms with Crippen molar-refractivity contribution in [3.63, 3.8) is 0 Å². The van der Waals surface area contributed by atoms with Gasteiger partial charge in [0.25, 0.3) is 0 Å². The number of nitrogens with one attached hydrogen (secondary N) is 1. The molecule has 0 aromatic heterocycles. The molecule has 2 aromatic carbocycles. The number of rotatable bonds is 3. The van der Waals surface area contributed by atoms with E-state index in [9.17, 15) is 4.79 Å². The highest BCUT2D eigenvalue weighted by molar-refractivity contribution is 5.79. The summed E-state index contributed by atoms with van der Waals surface area (Å²) in [5.41, 5.74) is 3.80. The molecule has 1 amide bonds. The molecule has 1 aliphatic carbocycles. The molecule has 1 aliphatic rings. The van der Waals surface area contributed by atoms with Crippen molar-refractivity contribution in [2.45, 2.75) is 25.3 Å². The number of hydrogen-bond acceptors (Lipinski definition) is 1. The third-order valence-corrected chi connectivity index (χ3v) is 3.62. The number of benzene rings is 2. The van der Waals surface area contributed by atoms with E-state index in [1.807, 2.05) is 30.3 Å². The first-order valence-electron chi connectivity index (χ1n) is 6.71. The molecule has 0 saturated heterocycles. The summed E-state index contributed by atoms with van der Waals surface area (Å²) < 4.78 is 0. The normalized spacial score (nSPS) is 14.1. The summed E-state index contributed by atoms with van der Waals surface area (Å²) in [7, 11) is 0. The minimum absolute atomic E-state index is 0.115. The lowest BCUT2D eigenvalue weighted by molar-refractivity contribution is -0.121.